The molecule has 3 heterocycles. The van der Waals surface area contributed by atoms with Gasteiger partial charge in [-0.1, -0.05) is 0 Å². The number of cyclic esters (lactones) is 1. The average molecular weight is 377 g/mol. The Morgan fingerprint density at radius 3 is 2.88 bits per heavy atom. The number of carbonyl (C=O) groups is 1. The zero-order chi connectivity index (χ0) is 17.9. The number of halogens is 1. The maximum absolute atomic E-state index is 14.7. The van der Waals surface area contributed by atoms with Gasteiger partial charge in [0.2, 0.25) is 0 Å². The molecule has 1 aromatic carbocycles. The molecule has 0 aliphatic carbocycles. The first-order chi connectivity index (χ1) is 12.7. The molecule has 0 saturated carbocycles. The average Bonchev–Trinajstić information content (AvgIpc) is 3.17. The Morgan fingerprint density at radius 1 is 1.23 bits per heavy atom. The normalized spacial score (nSPS) is 21.0. The molecular weight excluding hydrogens is 357 g/mol. The highest BCUT2D eigenvalue weighted by atomic mass is 32.2. The monoisotopic (exact) mass is 377 g/mol. The predicted octanol–water partition coefficient (Wildman–Crippen LogP) is 2.39. The smallest absolute Gasteiger partial charge is 0.414 e. The predicted molar refractivity (Wildman–Crippen MR) is 98.2 cm³/mol. The number of hydrogen-bond acceptors (Lipinski definition) is 6. The summed E-state index contributed by atoms with van der Waals surface area (Å²) < 4.78 is 20.1. The first-order valence-corrected chi connectivity index (χ1v) is 9.80. The minimum atomic E-state index is -0.472. The van der Waals surface area contributed by atoms with E-state index in [1.165, 1.54) is 15.8 Å². The van der Waals surface area contributed by atoms with Crippen LogP contribution in [0.15, 0.2) is 30.6 Å². The summed E-state index contributed by atoms with van der Waals surface area (Å²) in [5, 5.41) is 8.03. The van der Waals surface area contributed by atoms with E-state index < -0.39 is 6.09 Å². The van der Waals surface area contributed by atoms with Gasteiger partial charge in [-0.15, -0.1) is 0 Å². The molecule has 138 valence electrons. The largest absolute Gasteiger partial charge is 0.442 e. The fraction of sp³-hybridized carbons (Fsp3) is 0.471. The first kappa shape index (κ1) is 17.1. The number of carbonyl (C=O) groups excluding carboxylic acids is 1. The van der Waals surface area contributed by atoms with Gasteiger partial charge in [-0.05, 0) is 30.4 Å². The second kappa shape index (κ2) is 7.53. The molecule has 0 spiro atoms. The van der Waals surface area contributed by atoms with E-state index in [2.05, 4.69) is 15.1 Å². The van der Waals surface area contributed by atoms with Gasteiger partial charge in [0.25, 0.3) is 0 Å². The van der Waals surface area contributed by atoms with Crippen molar-refractivity contribution in [1.29, 1.82) is 0 Å². The maximum atomic E-state index is 14.7. The van der Waals surface area contributed by atoms with E-state index in [0.717, 1.165) is 31.0 Å². The Kier molecular flexibility index (Phi) is 4.96. The van der Waals surface area contributed by atoms with Crippen molar-refractivity contribution in [2.45, 2.75) is 19.1 Å². The molecule has 1 unspecified atom stereocenters. The number of amides is 1. The van der Waals surface area contributed by atoms with Crippen LogP contribution >= 0.6 is 11.8 Å². The van der Waals surface area contributed by atoms with Crippen LogP contribution < -0.4 is 9.80 Å². The Labute approximate surface area is 155 Å². The van der Waals surface area contributed by atoms with Gasteiger partial charge >= 0.3 is 6.09 Å². The van der Waals surface area contributed by atoms with Gasteiger partial charge in [0.15, 0.2) is 0 Å². The molecule has 0 bridgehead atoms. The van der Waals surface area contributed by atoms with Crippen LogP contribution in [0.25, 0.3) is 0 Å². The Bertz CT molecular complexity index is 765. The number of thioether (sulfide) groups is 1. The molecule has 1 atom stereocenters. The molecule has 26 heavy (non-hydrogen) atoms. The Hall–Kier alpha value is -2.29. The molecule has 7 nitrogen and oxygen atoms in total. The van der Waals surface area contributed by atoms with Gasteiger partial charge in [-0.25, -0.2) is 9.18 Å². The number of aromatic nitrogens is 3. The Balaban J connectivity index is 1.47. The molecule has 2 saturated heterocycles. The Morgan fingerprint density at radius 2 is 2.08 bits per heavy atom. The third-order valence-corrected chi connectivity index (χ3v) is 5.56. The quantitative estimate of drug-likeness (QED) is 0.815. The topological polar surface area (TPSA) is 63.5 Å². The number of rotatable bonds is 4. The summed E-state index contributed by atoms with van der Waals surface area (Å²) in [5.41, 5.74) is 1.11. The molecule has 4 rings (SSSR count). The van der Waals surface area contributed by atoms with Gasteiger partial charge in [-0.2, -0.15) is 26.8 Å². The summed E-state index contributed by atoms with van der Waals surface area (Å²) >= 11 is 1.90. The number of ether oxygens (including phenoxy) is 1. The summed E-state index contributed by atoms with van der Waals surface area (Å²) in [5.74, 6) is 1.81. The van der Waals surface area contributed by atoms with Crippen LogP contribution in [0.1, 0.15) is 6.42 Å². The fourth-order valence-corrected chi connectivity index (χ4v) is 4.14. The molecule has 1 amide bonds. The molecule has 2 aromatic rings. The van der Waals surface area contributed by atoms with Crippen LogP contribution in [-0.4, -0.2) is 58.3 Å². The van der Waals surface area contributed by atoms with Crippen molar-refractivity contribution in [2.75, 3.05) is 40.9 Å². The van der Waals surface area contributed by atoms with E-state index in [9.17, 15) is 9.18 Å². The molecule has 0 N–H and O–H groups in total. The van der Waals surface area contributed by atoms with E-state index in [1.54, 1.807) is 24.5 Å². The van der Waals surface area contributed by atoms with Crippen molar-refractivity contribution < 1.29 is 13.9 Å². The molecule has 1 aromatic heterocycles. The number of nitrogens with zero attached hydrogens (tertiary/aromatic N) is 5. The molecular formula is C17H20FN5O2S. The second-order valence-corrected chi connectivity index (χ2v) is 7.51. The van der Waals surface area contributed by atoms with Crippen LogP contribution in [0.2, 0.25) is 0 Å². The summed E-state index contributed by atoms with van der Waals surface area (Å²) in [7, 11) is 0. The van der Waals surface area contributed by atoms with Crippen LogP contribution in [0, 0.1) is 5.82 Å². The van der Waals surface area contributed by atoms with E-state index in [-0.39, 0.29) is 11.9 Å². The lowest BCUT2D eigenvalue weighted by Gasteiger charge is -2.24. The summed E-state index contributed by atoms with van der Waals surface area (Å²) in [6, 6.07) is 4.96. The molecule has 2 fully saturated rings. The van der Waals surface area contributed by atoms with E-state index in [0.29, 0.717) is 24.5 Å². The summed E-state index contributed by atoms with van der Waals surface area (Å²) in [6.45, 7) is 2.42. The molecule has 2 aliphatic rings. The summed E-state index contributed by atoms with van der Waals surface area (Å²) in [4.78, 5) is 17.2. The van der Waals surface area contributed by atoms with E-state index >= 15 is 0 Å². The fourth-order valence-electron chi connectivity index (χ4n) is 3.25. The van der Waals surface area contributed by atoms with Crippen molar-refractivity contribution in [3.05, 3.63) is 36.4 Å². The third kappa shape index (κ3) is 3.62. The third-order valence-electron chi connectivity index (χ3n) is 4.51. The highest BCUT2D eigenvalue weighted by molar-refractivity contribution is 7.99. The van der Waals surface area contributed by atoms with E-state index in [1.807, 2.05) is 11.8 Å². The van der Waals surface area contributed by atoms with Crippen molar-refractivity contribution >= 4 is 29.2 Å². The maximum Gasteiger partial charge on any atom is 0.414 e. The highest BCUT2D eigenvalue weighted by Gasteiger charge is 2.33. The number of benzene rings is 1. The zero-order valence-electron chi connectivity index (χ0n) is 14.3. The minimum Gasteiger partial charge on any atom is -0.442 e. The van der Waals surface area contributed by atoms with Gasteiger partial charge < -0.3 is 9.64 Å². The first-order valence-electron chi connectivity index (χ1n) is 8.65. The number of hydrogen-bond donors (Lipinski definition) is 0. The lowest BCUT2D eigenvalue weighted by Crippen LogP contribution is -2.28. The van der Waals surface area contributed by atoms with Gasteiger partial charge in [0, 0.05) is 18.8 Å². The zero-order valence-corrected chi connectivity index (χ0v) is 15.1. The van der Waals surface area contributed by atoms with Gasteiger partial charge in [0.05, 0.1) is 36.9 Å². The van der Waals surface area contributed by atoms with Crippen molar-refractivity contribution in [2.24, 2.45) is 0 Å². The van der Waals surface area contributed by atoms with Gasteiger partial charge in [-0.3, -0.25) is 4.90 Å². The summed E-state index contributed by atoms with van der Waals surface area (Å²) in [6.07, 6.45) is 3.36. The minimum absolute atomic E-state index is 0.306. The van der Waals surface area contributed by atoms with Crippen molar-refractivity contribution in [1.82, 2.24) is 15.0 Å². The van der Waals surface area contributed by atoms with Crippen LogP contribution in [-0.2, 0) is 11.3 Å². The van der Waals surface area contributed by atoms with Crippen molar-refractivity contribution in [3.8, 4) is 0 Å². The van der Waals surface area contributed by atoms with Crippen molar-refractivity contribution in [3.63, 3.8) is 0 Å². The van der Waals surface area contributed by atoms with E-state index in [4.69, 9.17) is 4.74 Å². The molecule has 2 aliphatic heterocycles. The van der Waals surface area contributed by atoms with Crippen LogP contribution in [0.5, 0.6) is 0 Å². The lowest BCUT2D eigenvalue weighted by molar-refractivity contribution is 0.126. The van der Waals surface area contributed by atoms with Crippen LogP contribution in [0.3, 0.4) is 0 Å². The standard InChI is InChI=1S/C17H20FN5O2S/c18-15-10-13(2-3-16(15)21-6-1-8-26-9-7-21)22-11-14(25-17(22)24)12-23-19-4-5-20-23/h2-5,10,14H,1,6-9,11-12H2. The van der Waals surface area contributed by atoms with Crippen LogP contribution in [0.4, 0.5) is 20.6 Å². The second-order valence-electron chi connectivity index (χ2n) is 6.29. The molecule has 0 radical (unpaired) electrons. The van der Waals surface area contributed by atoms with Gasteiger partial charge in [0.1, 0.15) is 11.9 Å². The highest BCUT2D eigenvalue weighted by Crippen LogP contribution is 2.29. The lowest BCUT2D eigenvalue weighted by atomic mass is 10.2. The molecule has 9 heteroatoms. The SMILES string of the molecule is O=C1OC(Cn2nccn2)CN1c1ccc(N2CCCSCC2)c(F)c1. The number of anilines is 2.